The zero-order chi connectivity index (χ0) is 11.8. The first-order chi connectivity index (χ1) is 7.77. The van der Waals surface area contributed by atoms with Gasteiger partial charge in [-0.25, -0.2) is 18.2 Å². The third-order valence-electron chi connectivity index (χ3n) is 1.89. The average molecular weight is 272 g/mol. The molecule has 0 aliphatic carbocycles. The van der Waals surface area contributed by atoms with Crippen molar-refractivity contribution >= 4 is 12.3 Å². The van der Waals surface area contributed by atoms with Crippen LogP contribution in [0.3, 0.4) is 0 Å². The van der Waals surface area contributed by atoms with Gasteiger partial charge in [0.2, 0.25) is 0 Å². The van der Waals surface area contributed by atoms with Crippen molar-refractivity contribution in [2.45, 2.75) is 0 Å². The molecule has 0 fully saturated rings. The molecule has 4 heteroatoms. The van der Waals surface area contributed by atoms with Gasteiger partial charge in [-0.05, 0) is 0 Å². The molecule has 2 aromatic carbocycles. The average Bonchev–Trinajstić information content (AvgIpc) is 3.01. The number of aldehydes is 1. The van der Waals surface area contributed by atoms with Gasteiger partial charge in [0.05, 0.1) is 13.4 Å². The molecule has 0 aliphatic heterocycles. The maximum absolute atomic E-state index is 10.8. The first kappa shape index (κ1) is 15.4. The molecule has 0 spiro atoms. The summed E-state index contributed by atoms with van der Waals surface area (Å²) in [6.07, 6.45) is 0.687. The number of ether oxygens (including phenoxy) is 1. The van der Waals surface area contributed by atoms with Crippen molar-refractivity contribution in [1.82, 2.24) is 0 Å². The summed E-state index contributed by atoms with van der Waals surface area (Å²) < 4.78 is 4.44. The van der Waals surface area contributed by atoms with Gasteiger partial charge in [-0.1, -0.05) is 5.56 Å². The van der Waals surface area contributed by atoms with E-state index in [1.54, 1.807) is 12.1 Å². The van der Waals surface area contributed by atoms with Crippen LogP contribution in [0.1, 0.15) is 20.7 Å². The number of rotatable bonds is 2. The van der Waals surface area contributed by atoms with E-state index in [-0.39, 0.29) is 17.1 Å². The van der Waals surface area contributed by atoms with E-state index in [4.69, 9.17) is 0 Å². The van der Waals surface area contributed by atoms with Crippen LogP contribution >= 0.6 is 0 Å². The minimum Gasteiger partial charge on any atom is -0.475 e. The molecular weight excluding hydrogens is 260 g/mol. The van der Waals surface area contributed by atoms with Crippen LogP contribution in [-0.2, 0) is 21.8 Å². The van der Waals surface area contributed by atoms with Gasteiger partial charge >= 0.3 is 0 Å². The molecule has 0 unspecified atom stereocenters. The van der Waals surface area contributed by atoms with Crippen LogP contribution in [0.15, 0.2) is 48.5 Å². The normalized spacial score (nSPS) is 8.29. The van der Waals surface area contributed by atoms with Crippen molar-refractivity contribution in [2.24, 2.45) is 0 Å². The predicted octanol–water partition coefficient (Wildman–Crippen LogP) is 2.41. The van der Waals surface area contributed by atoms with Gasteiger partial charge in [0.25, 0.3) is 5.97 Å². The van der Waals surface area contributed by atoms with Gasteiger partial charge in [-0.15, -0.1) is 5.56 Å². The van der Waals surface area contributed by atoms with Crippen molar-refractivity contribution < 1.29 is 31.4 Å². The van der Waals surface area contributed by atoms with E-state index in [0.29, 0.717) is 17.4 Å². The number of hydrogen-bond donors (Lipinski definition) is 0. The quantitative estimate of drug-likeness (QED) is 0.365. The molecule has 3 nitrogen and oxygen atoms in total. The molecule has 0 radical (unpaired) electrons. The Morgan fingerprint density at radius 1 is 1.41 bits per heavy atom. The summed E-state index contributed by atoms with van der Waals surface area (Å²) in [6, 6.07) is 14.6. The molecule has 2 rings (SSSR count). The van der Waals surface area contributed by atoms with Crippen LogP contribution < -0.4 is 0 Å². The smallest absolute Gasteiger partial charge is 0.280 e. The summed E-state index contributed by atoms with van der Waals surface area (Å²) in [7, 11) is 1.30. The van der Waals surface area contributed by atoms with Crippen molar-refractivity contribution in [1.29, 1.82) is 0 Å². The Labute approximate surface area is 111 Å². The third kappa shape index (κ3) is 5.29. The van der Waals surface area contributed by atoms with E-state index in [0.717, 1.165) is 0 Å². The maximum atomic E-state index is 10.8. The summed E-state index contributed by atoms with van der Waals surface area (Å²) in [5, 5.41) is 0. The first-order valence-corrected chi connectivity index (χ1v) is 4.75. The maximum Gasteiger partial charge on any atom is 0.280 e. The Hall–Kier alpha value is -1.64. The Balaban J connectivity index is 0.000000360. The summed E-state index contributed by atoms with van der Waals surface area (Å²) in [4.78, 5) is 21.0. The fourth-order valence-corrected chi connectivity index (χ4v) is 1.10. The first-order valence-electron chi connectivity index (χ1n) is 4.75. The minimum absolute atomic E-state index is 0. The molecule has 92 valence electrons. The fraction of sp³-hybridized carbons (Fsp3) is 0.0769. The standard InChI is InChI=1S/C8H7O3.C5H5.Fe/c1-11-8(10)7-3-2-6(4-7)5-9;1-2-4-5-3-1;/h2-5H,1H3;1-5H;/q2*-1;. The molecule has 0 heterocycles. The monoisotopic (exact) mass is 272 g/mol. The van der Waals surface area contributed by atoms with Gasteiger partial charge in [0.15, 0.2) is 0 Å². The second kappa shape index (κ2) is 8.50. The molecule has 0 saturated carbocycles. The van der Waals surface area contributed by atoms with Gasteiger partial charge in [0.1, 0.15) is 0 Å². The van der Waals surface area contributed by atoms with Gasteiger partial charge in [0, 0.05) is 17.1 Å². The Morgan fingerprint density at radius 2 is 2.06 bits per heavy atom. The van der Waals surface area contributed by atoms with Crippen molar-refractivity contribution in [2.75, 3.05) is 7.11 Å². The SMILES string of the molecule is COC(=O)[c-]1ccc(C=O)c1.[Fe].c1cc[cH-]c1. The van der Waals surface area contributed by atoms with Crippen molar-refractivity contribution in [3.63, 3.8) is 0 Å². The van der Waals surface area contributed by atoms with Crippen LogP contribution in [0.5, 0.6) is 0 Å². The molecule has 0 saturated heterocycles. The third-order valence-corrected chi connectivity index (χ3v) is 1.89. The van der Waals surface area contributed by atoms with Crippen LogP contribution in [-0.4, -0.2) is 19.4 Å². The summed E-state index contributed by atoms with van der Waals surface area (Å²) in [5.41, 5.74) is 0.903. The van der Waals surface area contributed by atoms with E-state index in [1.807, 2.05) is 30.3 Å². The molecule has 17 heavy (non-hydrogen) atoms. The van der Waals surface area contributed by atoms with Crippen LogP contribution in [0.25, 0.3) is 0 Å². The largest absolute Gasteiger partial charge is 0.475 e. The number of hydrogen-bond acceptors (Lipinski definition) is 3. The molecule has 2 aromatic rings. The zero-order valence-electron chi connectivity index (χ0n) is 9.27. The van der Waals surface area contributed by atoms with Crippen LogP contribution in [0, 0.1) is 0 Å². The number of methoxy groups -OCH3 is 1. The molecule has 0 amide bonds. The van der Waals surface area contributed by atoms with E-state index in [2.05, 4.69) is 4.74 Å². The van der Waals surface area contributed by atoms with Crippen LogP contribution in [0.2, 0.25) is 0 Å². The van der Waals surface area contributed by atoms with E-state index < -0.39 is 5.97 Å². The number of carbonyl (C=O) groups is 2. The van der Waals surface area contributed by atoms with E-state index >= 15 is 0 Å². The minimum atomic E-state index is -0.418. The summed E-state index contributed by atoms with van der Waals surface area (Å²) in [5.74, 6) is -0.418. The van der Waals surface area contributed by atoms with Gasteiger partial charge < -0.3 is 9.53 Å². The van der Waals surface area contributed by atoms with Gasteiger partial charge in [-0.3, -0.25) is 4.79 Å². The number of carbonyl (C=O) groups excluding carboxylic acids is 2. The Bertz CT molecular complexity index is 412. The second-order valence-electron chi connectivity index (χ2n) is 3.00. The summed E-state index contributed by atoms with van der Waals surface area (Å²) >= 11 is 0. The Kier molecular flexibility index (Phi) is 7.68. The molecular formula is C13H12FeO3-2. The van der Waals surface area contributed by atoms with Gasteiger partial charge in [-0.2, -0.15) is 30.3 Å². The predicted molar refractivity (Wildman–Crippen MR) is 60.8 cm³/mol. The molecule has 0 aromatic heterocycles. The zero-order valence-corrected chi connectivity index (χ0v) is 10.4. The van der Waals surface area contributed by atoms with Crippen molar-refractivity contribution in [3.05, 3.63) is 59.7 Å². The topological polar surface area (TPSA) is 43.4 Å². The van der Waals surface area contributed by atoms with Crippen molar-refractivity contribution in [3.8, 4) is 0 Å². The van der Waals surface area contributed by atoms with Crippen LogP contribution in [0.4, 0.5) is 0 Å². The fourth-order valence-electron chi connectivity index (χ4n) is 1.10. The second-order valence-corrected chi connectivity index (χ2v) is 3.00. The Morgan fingerprint density at radius 3 is 2.41 bits per heavy atom. The molecule has 0 bridgehead atoms. The molecule has 0 N–H and O–H groups in total. The molecule has 0 aliphatic rings. The number of esters is 1. The molecule has 0 atom stereocenters. The summed E-state index contributed by atoms with van der Waals surface area (Å²) in [6.45, 7) is 0. The van der Waals surface area contributed by atoms with E-state index in [1.165, 1.54) is 13.2 Å². The van der Waals surface area contributed by atoms with E-state index in [9.17, 15) is 9.59 Å².